The Morgan fingerprint density at radius 1 is 0.947 bits per heavy atom. The summed E-state index contributed by atoms with van der Waals surface area (Å²) in [6.45, 7) is 2.04. The fraction of sp³-hybridized carbons (Fsp3) is 0.200. The van der Waals surface area contributed by atoms with Crippen molar-refractivity contribution >= 4 is 23.2 Å². The van der Waals surface area contributed by atoms with Crippen molar-refractivity contribution < 1.29 is 4.74 Å². The van der Waals surface area contributed by atoms with Crippen LogP contribution < -0.4 is 10.1 Å². The molecule has 0 spiro atoms. The highest BCUT2D eigenvalue weighted by molar-refractivity contribution is 6.42. The Labute approximate surface area is 123 Å². The lowest BCUT2D eigenvalue weighted by Crippen LogP contribution is -2.20. The van der Waals surface area contributed by atoms with E-state index in [0.717, 1.165) is 17.9 Å². The Balaban J connectivity index is 1.71. The molecule has 0 aliphatic heterocycles. The van der Waals surface area contributed by atoms with Gasteiger partial charge in [0.2, 0.25) is 0 Å². The lowest BCUT2D eigenvalue weighted by molar-refractivity contribution is 0.313. The van der Waals surface area contributed by atoms with Gasteiger partial charge >= 0.3 is 0 Å². The van der Waals surface area contributed by atoms with Crippen molar-refractivity contribution in [2.24, 2.45) is 0 Å². The molecule has 2 rings (SSSR count). The molecule has 4 heteroatoms. The molecular weight excluding hydrogens is 281 g/mol. The number of nitrogens with one attached hydrogen (secondary N) is 1. The van der Waals surface area contributed by atoms with Gasteiger partial charge in [0.25, 0.3) is 0 Å². The third-order valence-electron chi connectivity index (χ3n) is 2.64. The molecule has 100 valence electrons. The number of ether oxygens (including phenoxy) is 1. The van der Waals surface area contributed by atoms with Crippen molar-refractivity contribution in [2.45, 2.75) is 6.54 Å². The van der Waals surface area contributed by atoms with E-state index in [0.29, 0.717) is 23.2 Å². The van der Waals surface area contributed by atoms with E-state index in [9.17, 15) is 0 Å². The van der Waals surface area contributed by atoms with Crippen LogP contribution in [0.2, 0.25) is 10.0 Å². The van der Waals surface area contributed by atoms with Gasteiger partial charge in [-0.15, -0.1) is 0 Å². The van der Waals surface area contributed by atoms with E-state index in [1.54, 1.807) is 6.07 Å². The average molecular weight is 296 g/mol. The van der Waals surface area contributed by atoms with Crippen molar-refractivity contribution in [3.63, 3.8) is 0 Å². The number of halogens is 2. The van der Waals surface area contributed by atoms with Crippen molar-refractivity contribution in [3.05, 3.63) is 64.1 Å². The van der Waals surface area contributed by atoms with Crippen molar-refractivity contribution in [3.8, 4) is 5.75 Å². The maximum atomic E-state index is 6.10. The molecule has 2 aromatic rings. The maximum absolute atomic E-state index is 6.10. The Bertz CT molecular complexity index is 517. The van der Waals surface area contributed by atoms with E-state index in [2.05, 4.69) is 5.32 Å². The first-order chi connectivity index (χ1) is 9.27. The van der Waals surface area contributed by atoms with Gasteiger partial charge < -0.3 is 10.1 Å². The Morgan fingerprint density at radius 2 is 1.74 bits per heavy atom. The fourth-order valence-electron chi connectivity index (χ4n) is 1.67. The highest BCUT2D eigenvalue weighted by Crippen LogP contribution is 2.25. The monoisotopic (exact) mass is 295 g/mol. The molecule has 2 nitrogen and oxygen atoms in total. The van der Waals surface area contributed by atoms with Gasteiger partial charge in [0.05, 0.1) is 10.0 Å². The van der Waals surface area contributed by atoms with E-state index in [-0.39, 0.29) is 0 Å². The van der Waals surface area contributed by atoms with Crippen LogP contribution in [0.15, 0.2) is 48.5 Å². The van der Waals surface area contributed by atoms with Crippen molar-refractivity contribution in [1.82, 2.24) is 5.32 Å². The summed E-state index contributed by atoms with van der Waals surface area (Å²) in [6, 6.07) is 15.4. The van der Waals surface area contributed by atoms with Gasteiger partial charge in [0.1, 0.15) is 12.4 Å². The third kappa shape index (κ3) is 4.43. The quantitative estimate of drug-likeness (QED) is 0.808. The van der Waals surface area contributed by atoms with Gasteiger partial charge in [-0.3, -0.25) is 0 Å². The zero-order valence-corrected chi connectivity index (χ0v) is 11.9. The molecule has 0 saturated heterocycles. The normalized spacial score (nSPS) is 10.4. The molecule has 0 saturated carbocycles. The van der Waals surface area contributed by atoms with Crippen LogP contribution in [0.1, 0.15) is 5.56 Å². The number of benzene rings is 2. The minimum atomic E-state index is 0.585. The highest BCUT2D eigenvalue weighted by Gasteiger charge is 2.03. The number of rotatable bonds is 6. The molecule has 0 heterocycles. The second-order valence-corrected chi connectivity index (χ2v) is 4.84. The first-order valence-electron chi connectivity index (χ1n) is 6.09. The molecule has 0 fully saturated rings. The fourth-order valence-corrected chi connectivity index (χ4v) is 2.05. The summed E-state index contributed by atoms with van der Waals surface area (Å²) in [4.78, 5) is 0. The average Bonchev–Trinajstić information content (AvgIpc) is 2.44. The summed E-state index contributed by atoms with van der Waals surface area (Å²) in [7, 11) is 0. The van der Waals surface area contributed by atoms with Gasteiger partial charge in [-0.05, 0) is 23.8 Å². The van der Waals surface area contributed by atoms with Crippen LogP contribution in [0.25, 0.3) is 0 Å². The molecule has 0 bridgehead atoms. The third-order valence-corrected chi connectivity index (χ3v) is 3.50. The first kappa shape index (κ1) is 14.2. The second-order valence-electron chi connectivity index (χ2n) is 4.05. The molecule has 0 amide bonds. The van der Waals surface area contributed by atoms with Gasteiger partial charge in [-0.1, -0.05) is 53.5 Å². The predicted octanol–water partition coefficient (Wildman–Crippen LogP) is 4.16. The molecule has 0 radical (unpaired) electrons. The second kappa shape index (κ2) is 7.39. The summed E-state index contributed by atoms with van der Waals surface area (Å²) in [6.07, 6.45) is 0. The summed E-state index contributed by atoms with van der Waals surface area (Å²) in [5.41, 5.74) is 0.994. The van der Waals surface area contributed by atoms with Crippen LogP contribution in [-0.2, 0) is 6.54 Å². The van der Waals surface area contributed by atoms with Crippen LogP contribution in [0.5, 0.6) is 5.75 Å². The van der Waals surface area contributed by atoms with Crippen LogP contribution >= 0.6 is 23.2 Å². The van der Waals surface area contributed by atoms with E-state index in [1.165, 1.54) is 0 Å². The van der Waals surface area contributed by atoms with Gasteiger partial charge in [-0.25, -0.2) is 0 Å². The molecule has 19 heavy (non-hydrogen) atoms. The molecule has 0 aromatic heterocycles. The Kier molecular flexibility index (Phi) is 5.52. The van der Waals surface area contributed by atoms with Crippen LogP contribution in [0.4, 0.5) is 0 Å². The zero-order chi connectivity index (χ0) is 13.5. The largest absolute Gasteiger partial charge is 0.492 e. The van der Waals surface area contributed by atoms with E-state index in [1.807, 2.05) is 42.5 Å². The summed E-state index contributed by atoms with van der Waals surface area (Å²) in [5.74, 6) is 0.880. The molecule has 0 unspecified atom stereocenters. The number of hydrogen-bond acceptors (Lipinski definition) is 2. The molecular formula is C15H15Cl2NO. The van der Waals surface area contributed by atoms with Crippen LogP contribution in [0.3, 0.4) is 0 Å². The van der Waals surface area contributed by atoms with E-state index >= 15 is 0 Å². The first-order valence-corrected chi connectivity index (χ1v) is 6.84. The minimum Gasteiger partial charge on any atom is -0.492 e. The SMILES string of the molecule is Clc1cccc(CNCCOc2ccccc2)c1Cl. The predicted molar refractivity (Wildman–Crippen MR) is 80.1 cm³/mol. The Morgan fingerprint density at radius 3 is 2.53 bits per heavy atom. The van der Waals surface area contributed by atoms with Crippen molar-refractivity contribution in [1.29, 1.82) is 0 Å². The summed E-state index contributed by atoms with van der Waals surface area (Å²) < 4.78 is 5.58. The smallest absolute Gasteiger partial charge is 0.119 e. The lowest BCUT2D eigenvalue weighted by Gasteiger charge is -2.09. The van der Waals surface area contributed by atoms with Gasteiger partial charge in [-0.2, -0.15) is 0 Å². The highest BCUT2D eigenvalue weighted by atomic mass is 35.5. The molecule has 2 aromatic carbocycles. The minimum absolute atomic E-state index is 0.585. The van der Waals surface area contributed by atoms with Crippen LogP contribution in [-0.4, -0.2) is 13.2 Å². The number of hydrogen-bond donors (Lipinski definition) is 1. The van der Waals surface area contributed by atoms with Crippen LogP contribution in [0, 0.1) is 0 Å². The molecule has 0 aliphatic rings. The maximum Gasteiger partial charge on any atom is 0.119 e. The summed E-state index contributed by atoms with van der Waals surface area (Å²) in [5, 5.41) is 4.47. The van der Waals surface area contributed by atoms with E-state index in [4.69, 9.17) is 27.9 Å². The van der Waals surface area contributed by atoms with E-state index < -0.39 is 0 Å². The van der Waals surface area contributed by atoms with Crippen molar-refractivity contribution in [2.75, 3.05) is 13.2 Å². The van der Waals surface area contributed by atoms with Gasteiger partial charge in [0.15, 0.2) is 0 Å². The lowest BCUT2D eigenvalue weighted by atomic mass is 10.2. The number of para-hydroxylation sites is 1. The summed E-state index contributed by atoms with van der Waals surface area (Å²) >= 11 is 12.0. The van der Waals surface area contributed by atoms with Gasteiger partial charge in [0, 0.05) is 13.1 Å². The molecule has 1 N–H and O–H groups in total. The topological polar surface area (TPSA) is 21.3 Å². The molecule has 0 atom stereocenters. The Hall–Kier alpha value is -1.22. The zero-order valence-electron chi connectivity index (χ0n) is 10.4. The molecule has 0 aliphatic carbocycles. The standard InChI is InChI=1S/C15H15Cl2NO/c16-14-8-4-5-12(15(14)17)11-18-9-10-19-13-6-2-1-3-7-13/h1-8,18H,9-11H2.